The zero-order chi connectivity index (χ0) is 29.1. The number of aromatic nitrogens is 1. The first kappa shape index (κ1) is 27.9. The van der Waals surface area contributed by atoms with Gasteiger partial charge in [0.05, 0.1) is 19.1 Å². The summed E-state index contributed by atoms with van der Waals surface area (Å²) in [6, 6.07) is 17.6. The van der Waals surface area contributed by atoms with E-state index in [4.69, 9.17) is 14.2 Å². The molecule has 0 saturated heterocycles. The second-order valence-electron chi connectivity index (χ2n) is 10.8. The molecule has 6 nitrogen and oxygen atoms in total. The molecule has 1 aliphatic rings. The second kappa shape index (κ2) is 11.5. The number of fused-ring (bicyclic) bond motifs is 1. The second-order valence-corrected chi connectivity index (χ2v) is 10.8. The van der Waals surface area contributed by atoms with Crippen LogP contribution >= 0.6 is 0 Å². The topological polar surface area (TPSA) is 69.7 Å². The van der Waals surface area contributed by atoms with Crippen LogP contribution in [-0.4, -0.2) is 23.6 Å². The Kier molecular flexibility index (Phi) is 7.79. The van der Waals surface area contributed by atoms with E-state index < -0.39 is 5.97 Å². The third-order valence-electron chi connectivity index (χ3n) is 7.03. The summed E-state index contributed by atoms with van der Waals surface area (Å²) in [5.74, 6) is 0.670. The number of rotatable bonds is 8. The van der Waals surface area contributed by atoms with E-state index in [1.807, 2.05) is 25.1 Å². The number of carbonyl (C=O) groups is 1. The van der Waals surface area contributed by atoms with Crippen molar-refractivity contribution in [3.63, 3.8) is 0 Å². The molecule has 2 heterocycles. The van der Waals surface area contributed by atoms with E-state index in [1.54, 1.807) is 43.8 Å². The summed E-state index contributed by atoms with van der Waals surface area (Å²) < 4.78 is 31.7. The zero-order valence-electron chi connectivity index (χ0n) is 23.9. The third kappa shape index (κ3) is 6.24. The molecule has 5 rings (SSSR count). The minimum Gasteiger partial charge on any atom is -0.496 e. The molecule has 0 atom stereocenters. The third-order valence-corrected chi connectivity index (χ3v) is 7.03. The summed E-state index contributed by atoms with van der Waals surface area (Å²) in [6.07, 6.45) is 5.60. The van der Waals surface area contributed by atoms with E-state index in [2.05, 4.69) is 43.2 Å². The van der Waals surface area contributed by atoms with Gasteiger partial charge in [0.1, 0.15) is 29.7 Å². The molecule has 0 fully saturated rings. The van der Waals surface area contributed by atoms with Crippen molar-refractivity contribution in [1.29, 1.82) is 0 Å². The monoisotopic (exact) mass is 552 g/mol. The first-order valence-electron chi connectivity index (χ1n) is 13.4. The Labute approximate surface area is 239 Å². The molecule has 0 radical (unpaired) electrons. The van der Waals surface area contributed by atoms with Crippen LogP contribution in [0.4, 0.5) is 10.1 Å². The van der Waals surface area contributed by atoms with Gasteiger partial charge in [-0.15, -0.1) is 0 Å². The van der Waals surface area contributed by atoms with Gasteiger partial charge in [-0.25, -0.2) is 4.39 Å². The summed E-state index contributed by atoms with van der Waals surface area (Å²) in [5.41, 5.74) is 7.19. The lowest BCUT2D eigenvalue weighted by Gasteiger charge is -2.33. The number of ether oxygens (including phenoxy) is 3. The summed E-state index contributed by atoms with van der Waals surface area (Å²) in [4.78, 5) is 16.6. The maximum absolute atomic E-state index is 14.0. The average molecular weight is 553 g/mol. The van der Waals surface area contributed by atoms with Gasteiger partial charge in [0.2, 0.25) is 0 Å². The molecule has 0 aliphatic carbocycles. The van der Waals surface area contributed by atoms with Crippen molar-refractivity contribution >= 4 is 17.2 Å². The van der Waals surface area contributed by atoms with Gasteiger partial charge in [0.15, 0.2) is 0 Å². The number of nitrogens with one attached hydrogen (secondary N) is 1. The highest BCUT2D eigenvalue weighted by Gasteiger charge is 2.27. The quantitative estimate of drug-likeness (QED) is 0.180. The van der Waals surface area contributed by atoms with Crippen LogP contribution in [0.15, 0.2) is 79.1 Å². The SMILES string of the molecule is COc1cc(OC(=O)Cc2cccnc2)ccc1-c1ccc2c(c1COc1cc(F)ccc1C)C(C)=CC(C)(C)N2. The Morgan fingerprint density at radius 2 is 1.80 bits per heavy atom. The van der Waals surface area contributed by atoms with Crippen LogP contribution in [0.2, 0.25) is 0 Å². The molecule has 41 heavy (non-hydrogen) atoms. The molecular weight excluding hydrogens is 519 g/mol. The number of pyridine rings is 1. The molecule has 0 amide bonds. The number of anilines is 1. The Hall–Kier alpha value is -4.65. The van der Waals surface area contributed by atoms with Crippen molar-refractivity contribution < 1.29 is 23.4 Å². The molecule has 1 aliphatic heterocycles. The van der Waals surface area contributed by atoms with Crippen LogP contribution in [0.3, 0.4) is 0 Å². The van der Waals surface area contributed by atoms with Crippen LogP contribution in [0.1, 0.15) is 43.0 Å². The highest BCUT2D eigenvalue weighted by atomic mass is 19.1. The number of aryl methyl sites for hydroxylation is 1. The molecule has 0 spiro atoms. The van der Waals surface area contributed by atoms with Gasteiger partial charge in [0, 0.05) is 46.9 Å². The first-order valence-corrected chi connectivity index (χ1v) is 13.4. The first-order chi connectivity index (χ1) is 19.6. The van der Waals surface area contributed by atoms with E-state index in [0.29, 0.717) is 17.2 Å². The van der Waals surface area contributed by atoms with Gasteiger partial charge < -0.3 is 19.5 Å². The highest BCUT2D eigenvalue weighted by Crippen LogP contribution is 2.43. The van der Waals surface area contributed by atoms with E-state index >= 15 is 0 Å². The van der Waals surface area contributed by atoms with Gasteiger partial charge >= 0.3 is 5.97 Å². The molecule has 3 aromatic carbocycles. The number of halogens is 1. The number of hydrogen-bond donors (Lipinski definition) is 1. The van der Waals surface area contributed by atoms with E-state index in [0.717, 1.165) is 44.6 Å². The molecule has 7 heteroatoms. The number of carbonyl (C=O) groups excluding carboxylic acids is 1. The lowest BCUT2D eigenvalue weighted by molar-refractivity contribution is -0.133. The smallest absolute Gasteiger partial charge is 0.315 e. The maximum atomic E-state index is 14.0. The lowest BCUT2D eigenvalue weighted by Crippen LogP contribution is -2.32. The zero-order valence-corrected chi connectivity index (χ0v) is 23.9. The fraction of sp³-hybridized carbons (Fsp3) is 0.235. The molecule has 0 saturated carbocycles. The number of esters is 1. The van der Waals surface area contributed by atoms with Crippen molar-refractivity contribution in [2.45, 2.75) is 46.3 Å². The molecule has 0 unspecified atom stereocenters. The lowest BCUT2D eigenvalue weighted by atomic mass is 9.85. The minimum absolute atomic E-state index is 0.110. The van der Waals surface area contributed by atoms with Crippen LogP contribution in [0.5, 0.6) is 17.2 Å². The van der Waals surface area contributed by atoms with Crippen molar-refractivity contribution in [3.8, 4) is 28.4 Å². The number of methoxy groups -OCH3 is 1. The molecule has 0 bridgehead atoms. The number of hydrogen-bond acceptors (Lipinski definition) is 6. The van der Waals surface area contributed by atoms with Gasteiger partial charge in [-0.1, -0.05) is 24.3 Å². The summed E-state index contributed by atoms with van der Waals surface area (Å²) in [7, 11) is 1.58. The van der Waals surface area contributed by atoms with Crippen molar-refractivity contribution in [1.82, 2.24) is 4.98 Å². The van der Waals surface area contributed by atoms with Crippen LogP contribution in [0.25, 0.3) is 16.7 Å². The normalized spacial score (nSPS) is 13.5. The molecular formula is C34H33FN2O4. The molecule has 1 aromatic heterocycles. The van der Waals surface area contributed by atoms with Gasteiger partial charge in [-0.2, -0.15) is 0 Å². The van der Waals surface area contributed by atoms with Gasteiger partial charge in [-0.05, 0) is 80.3 Å². The Bertz CT molecular complexity index is 1630. The number of benzene rings is 3. The predicted molar refractivity (Wildman–Crippen MR) is 159 cm³/mol. The highest BCUT2D eigenvalue weighted by molar-refractivity contribution is 5.88. The van der Waals surface area contributed by atoms with Crippen molar-refractivity contribution in [2.75, 3.05) is 12.4 Å². The summed E-state index contributed by atoms with van der Waals surface area (Å²) in [5, 5.41) is 3.60. The maximum Gasteiger partial charge on any atom is 0.315 e. The van der Waals surface area contributed by atoms with Crippen LogP contribution < -0.4 is 19.5 Å². The van der Waals surface area contributed by atoms with Crippen molar-refractivity contribution in [2.24, 2.45) is 0 Å². The predicted octanol–water partition coefficient (Wildman–Crippen LogP) is 7.54. The fourth-order valence-electron chi connectivity index (χ4n) is 5.28. The fourth-order valence-corrected chi connectivity index (χ4v) is 5.28. The summed E-state index contributed by atoms with van der Waals surface area (Å²) >= 11 is 0. The molecule has 1 N–H and O–H groups in total. The van der Waals surface area contributed by atoms with E-state index in [1.165, 1.54) is 12.1 Å². The Morgan fingerprint density at radius 1 is 1.00 bits per heavy atom. The number of nitrogens with zero attached hydrogens (tertiary/aromatic N) is 1. The Balaban J connectivity index is 1.52. The minimum atomic E-state index is -0.393. The van der Waals surface area contributed by atoms with Crippen molar-refractivity contribution in [3.05, 3.63) is 107 Å². The van der Waals surface area contributed by atoms with E-state index in [-0.39, 0.29) is 24.4 Å². The molecule has 210 valence electrons. The standard InChI is InChI=1S/C34H33FN2O4/c1-21-8-9-24(35)16-30(21)40-20-28-26(12-13-29-33(28)22(2)18-34(3,4)37-29)27-11-10-25(17-31(27)39-5)41-32(38)15-23-7-6-14-36-19-23/h6-14,16-19,37H,15,20H2,1-5H3. The number of allylic oxidation sites excluding steroid dienone is 1. The molecule has 4 aromatic rings. The largest absolute Gasteiger partial charge is 0.496 e. The van der Waals surface area contributed by atoms with Crippen LogP contribution in [-0.2, 0) is 17.8 Å². The van der Waals surface area contributed by atoms with E-state index in [9.17, 15) is 9.18 Å². The average Bonchev–Trinajstić information content (AvgIpc) is 2.93. The van der Waals surface area contributed by atoms with Gasteiger partial charge in [-0.3, -0.25) is 9.78 Å². The van der Waals surface area contributed by atoms with Gasteiger partial charge in [0.25, 0.3) is 0 Å². The Morgan fingerprint density at radius 3 is 2.56 bits per heavy atom. The van der Waals surface area contributed by atoms with Crippen LogP contribution in [0, 0.1) is 12.7 Å². The summed E-state index contributed by atoms with van der Waals surface area (Å²) in [6.45, 7) is 8.43.